The number of primary amides is 1. The predicted molar refractivity (Wildman–Crippen MR) is 121 cm³/mol. The van der Waals surface area contributed by atoms with Gasteiger partial charge in [0.15, 0.2) is 0 Å². The van der Waals surface area contributed by atoms with E-state index in [2.05, 4.69) is 5.32 Å². The summed E-state index contributed by atoms with van der Waals surface area (Å²) in [6.45, 7) is 2.69. The van der Waals surface area contributed by atoms with E-state index in [1.165, 1.54) is 0 Å². The lowest BCUT2D eigenvalue weighted by molar-refractivity contribution is -0.149. The summed E-state index contributed by atoms with van der Waals surface area (Å²) in [6.07, 6.45) is 0. The van der Waals surface area contributed by atoms with Crippen LogP contribution in [0.15, 0.2) is 42.5 Å². The second-order valence-corrected chi connectivity index (χ2v) is 8.72. The number of nitrogens with one attached hydrogen (secondary N) is 1. The summed E-state index contributed by atoms with van der Waals surface area (Å²) in [5.41, 5.74) is 7.34. The first-order valence-electron chi connectivity index (χ1n) is 10.4. The molecular formula is C23H23Cl2N3O4. The van der Waals surface area contributed by atoms with Crippen LogP contribution in [0.1, 0.15) is 40.4 Å². The summed E-state index contributed by atoms with van der Waals surface area (Å²) in [7, 11) is 0. The minimum absolute atomic E-state index is 0.231. The molecule has 2 aliphatic heterocycles. The van der Waals surface area contributed by atoms with Crippen LogP contribution in [0.3, 0.4) is 0 Å². The number of nitrogens with zero attached hydrogens (tertiary/aromatic N) is 1. The standard InChI is InChI=1S/C23H23Cl2N3O4/c1-2-32-23(31)16-10-27-11-18(16)28-20(15-8-7-12(24)9-17(15)25)19(21(26)29)13-5-3-4-6-14(13)22(28)30/h3-9,16,18-20,27H,2,10-11H2,1H3,(H2,26,29). The van der Waals surface area contributed by atoms with Gasteiger partial charge in [0.1, 0.15) is 0 Å². The van der Waals surface area contributed by atoms with Crippen LogP contribution in [0.5, 0.6) is 0 Å². The molecule has 7 nitrogen and oxygen atoms in total. The van der Waals surface area contributed by atoms with Gasteiger partial charge in [0.25, 0.3) is 5.91 Å². The van der Waals surface area contributed by atoms with Crippen molar-refractivity contribution < 1.29 is 19.1 Å². The van der Waals surface area contributed by atoms with Gasteiger partial charge in [0.2, 0.25) is 5.91 Å². The van der Waals surface area contributed by atoms with Gasteiger partial charge in [-0.25, -0.2) is 0 Å². The average Bonchev–Trinajstić information content (AvgIpc) is 3.23. The average molecular weight is 476 g/mol. The third-order valence-corrected chi connectivity index (χ3v) is 6.66. The second-order valence-electron chi connectivity index (χ2n) is 7.87. The van der Waals surface area contributed by atoms with Crippen molar-refractivity contribution in [2.24, 2.45) is 11.7 Å². The molecule has 4 unspecified atom stereocenters. The molecule has 0 saturated carbocycles. The van der Waals surface area contributed by atoms with E-state index in [0.29, 0.717) is 39.8 Å². The van der Waals surface area contributed by atoms with E-state index < -0.39 is 35.8 Å². The van der Waals surface area contributed by atoms with Crippen molar-refractivity contribution in [1.82, 2.24) is 10.2 Å². The number of benzene rings is 2. The molecule has 0 bridgehead atoms. The van der Waals surface area contributed by atoms with Crippen LogP contribution in [0, 0.1) is 5.92 Å². The number of carbonyl (C=O) groups excluding carboxylic acids is 3. The van der Waals surface area contributed by atoms with E-state index in [0.717, 1.165) is 0 Å². The number of ether oxygens (including phenoxy) is 1. The number of fused-ring (bicyclic) bond motifs is 1. The Morgan fingerprint density at radius 1 is 1.16 bits per heavy atom. The molecule has 1 saturated heterocycles. The number of nitrogens with two attached hydrogens (primary N) is 1. The molecule has 32 heavy (non-hydrogen) atoms. The van der Waals surface area contributed by atoms with Crippen LogP contribution >= 0.6 is 23.2 Å². The first kappa shape index (κ1) is 22.6. The summed E-state index contributed by atoms with van der Waals surface area (Å²) in [4.78, 5) is 40.8. The molecule has 0 radical (unpaired) electrons. The Morgan fingerprint density at radius 2 is 1.91 bits per heavy atom. The maximum atomic E-state index is 13.8. The van der Waals surface area contributed by atoms with Gasteiger partial charge in [-0.15, -0.1) is 0 Å². The van der Waals surface area contributed by atoms with Crippen LogP contribution in [0.2, 0.25) is 10.0 Å². The molecule has 2 aliphatic rings. The topological polar surface area (TPSA) is 102 Å². The number of halogens is 2. The molecule has 168 valence electrons. The van der Waals surface area contributed by atoms with Gasteiger partial charge in [-0.05, 0) is 36.2 Å². The smallest absolute Gasteiger partial charge is 0.312 e. The molecule has 2 amide bonds. The van der Waals surface area contributed by atoms with E-state index in [9.17, 15) is 14.4 Å². The molecule has 0 aliphatic carbocycles. The molecule has 4 atom stereocenters. The number of hydrogen-bond acceptors (Lipinski definition) is 5. The summed E-state index contributed by atoms with van der Waals surface area (Å²) in [5.74, 6) is -2.73. The SMILES string of the molecule is CCOC(=O)C1CNCC1N1C(=O)c2ccccc2C(C(N)=O)C1c1ccc(Cl)cc1Cl. The Bertz CT molecular complexity index is 1080. The fraction of sp³-hybridized carbons (Fsp3) is 0.348. The lowest BCUT2D eigenvalue weighted by atomic mass is 9.78. The Morgan fingerprint density at radius 3 is 2.59 bits per heavy atom. The zero-order valence-corrected chi connectivity index (χ0v) is 18.9. The molecule has 2 heterocycles. The quantitative estimate of drug-likeness (QED) is 0.647. The lowest BCUT2D eigenvalue weighted by Crippen LogP contribution is -2.54. The molecule has 0 spiro atoms. The maximum Gasteiger partial charge on any atom is 0.312 e. The Labute approximate surface area is 195 Å². The zero-order valence-electron chi connectivity index (χ0n) is 17.4. The third-order valence-electron chi connectivity index (χ3n) is 6.09. The Kier molecular flexibility index (Phi) is 6.42. The molecule has 4 rings (SSSR count). The van der Waals surface area contributed by atoms with Gasteiger partial charge >= 0.3 is 5.97 Å². The Balaban J connectivity index is 1.91. The predicted octanol–water partition coefficient (Wildman–Crippen LogP) is 2.91. The highest BCUT2D eigenvalue weighted by atomic mass is 35.5. The first-order valence-corrected chi connectivity index (χ1v) is 11.1. The van der Waals surface area contributed by atoms with Crippen molar-refractivity contribution in [3.8, 4) is 0 Å². The molecule has 1 fully saturated rings. The van der Waals surface area contributed by atoms with E-state index in [-0.39, 0.29) is 12.5 Å². The van der Waals surface area contributed by atoms with Crippen molar-refractivity contribution in [3.63, 3.8) is 0 Å². The first-order chi connectivity index (χ1) is 15.3. The van der Waals surface area contributed by atoms with Gasteiger partial charge in [0, 0.05) is 28.7 Å². The zero-order chi connectivity index (χ0) is 23.0. The highest BCUT2D eigenvalue weighted by Gasteiger charge is 2.50. The molecule has 9 heteroatoms. The van der Waals surface area contributed by atoms with Crippen LogP contribution in [0.25, 0.3) is 0 Å². The highest BCUT2D eigenvalue weighted by molar-refractivity contribution is 6.35. The minimum atomic E-state index is -0.856. The number of carbonyl (C=O) groups is 3. The van der Waals surface area contributed by atoms with Gasteiger partial charge in [-0.3, -0.25) is 14.4 Å². The summed E-state index contributed by atoms with van der Waals surface area (Å²) in [5, 5.41) is 3.91. The van der Waals surface area contributed by atoms with Gasteiger partial charge < -0.3 is 20.7 Å². The summed E-state index contributed by atoms with van der Waals surface area (Å²) < 4.78 is 5.25. The van der Waals surface area contributed by atoms with E-state index in [4.69, 9.17) is 33.7 Å². The summed E-state index contributed by atoms with van der Waals surface area (Å²) >= 11 is 12.6. The van der Waals surface area contributed by atoms with Crippen molar-refractivity contribution >= 4 is 41.0 Å². The molecule has 2 aromatic carbocycles. The molecular weight excluding hydrogens is 453 g/mol. The second kappa shape index (κ2) is 9.10. The van der Waals surface area contributed by atoms with Crippen molar-refractivity contribution in [1.29, 1.82) is 0 Å². The largest absolute Gasteiger partial charge is 0.466 e. The monoisotopic (exact) mass is 475 g/mol. The van der Waals surface area contributed by atoms with Crippen LogP contribution in [-0.4, -0.2) is 48.4 Å². The van der Waals surface area contributed by atoms with Gasteiger partial charge in [-0.1, -0.05) is 47.5 Å². The highest BCUT2D eigenvalue weighted by Crippen LogP contribution is 2.47. The maximum absolute atomic E-state index is 13.8. The lowest BCUT2D eigenvalue weighted by Gasteiger charge is -2.45. The number of rotatable bonds is 5. The fourth-order valence-corrected chi connectivity index (χ4v) is 5.26. The number of esters is 1. The molecule has 3 N–H and O–H groups in total. The van der Waals surface area contributed by atoms with Crippen LogP contribution in [-0.2, 0) is 14.3 Å². The van der Waals surface area contributed by atoms with E-state index >= 15 is 0 Å². The van der Waals surface area contributed by atoms with Gasteiger partial charge in [-0.2, -0.15) is 0 Å². The number of hydrogen-bond donors (Lipinski definition) is 2. The fourth-order valence-electron chi connectivity index (χ4n) is 4.74. The van der Waals surface area contributed by atoms with Crippen LogP contribution < -0.4 is 11.1 Å². The van der Waals surface area contributed by atoms with Gasteiger partial charge in [0.05, 0.1) is 30.5 Å². The van der Waals surface area contributed by atoms with E-state index in [1.54, 1.807) is 54.3 Å². The third kappa shape index (κ3) is 3.85. The van der Waals surface area contributed by atoms with Crippen LogP contribution in [0.4, 0.5) is 0 Å². The molecule has 0 aromatic heterocycles. The van der Waals surface area contributed by atoms with Crippen molar-refractivity contribution in [2.75, 3.05) is 19.7 Å². The summed E-state index contributed by atoms with van der Waals surface area (Å²) in [6, 6.07) is 10.5. The molecule has 2 aromatic rings. The normalized spacial score (nSPS) is 24.8. The Hall–Kier alpha value is -2.61. The van der Waals surface area contributed by atoms with E-state index in [1.807, 2.05) is 0 Å². The van der Waals surface area contributed by atoms with Crippen molar-refractivity contribution in [3.05, 3.63) is 69.2 Å². The van der Waals surface area contributed by atoms with Crippen molar-refractivity contribution in [2.45, 2.75) is 24.9 Å². The number of amides is 2. The minimum Gasteiger partial charge on any atom is -0.466 e.